The molecule has 9 heteroatoms. The average Bonchev–Trinajstić information content (AvgIpc) is 2.41. The zero-order valence-corrected chi connectivity index (χ0v) is 10.6. The molecule has 0 heterocycles. The van der Waals surface area contributed by atoms with Crippen molar-refractivity contribution in [2.75, 3.05) is 6.54 Å². The molecular weight excluding hydrogens is 293 g/mol. The number of benzene rings is 1. The van der Waals surface area contributed by atoms with Gasteiger partial charge in [-0.15, -0.1) is 0 Å². The number of rotatable bonds is 5. The number of halogens is 3. The van der Waals surface area contributed by atoms with Gasteiger partial charge in [0, 0.05) is 6.54 Å². The number of carbonyl (C=O) groups is 2. The fourth-order valence-electron chi connectivity index (χ4n) is 1.38. The first-order chi connectivity index (χ1) is 9.70. The number of hydrogen-bond acceptors (Lipinski definition) is 3. The Hall–Kier alpha value is -2.29. The second kappa shape index (κ2) is 6.93. The van der Waals surface area contributed by atoms with Gasteiger partial charge in [-0.25, -0.2) is 9.59 Å². The van der Waals surface area contributed by atoms with Crippen molar-refractivity contribution in [3.8, 4) is 0 Å². The average molecular weight is 306 g/mol. The molecule has 0 aliphatic rings. The zero-order chi connectivity index (χ0) is 16.0. The smallest absolute Gasteiger partial charge is 0.416 e. The van der Waals surface area contributed by atoms with Crippen LogP contribution in [0.5, 0.6) is 0 Å². The van der Waals surface area contributed by atoms with Crippen LogP contribution in [0.4, 0.5) is 18.0 Å². The van der Waals surface area contributed by atoms with Gasteiger partial charge in [-0.2, -0.15) is 13.2 Å². The molecule has 2 amide bonds. The lowest BCUT2D eigenvalue weighted by molar-refractivity contribution is -0.146. The molecule has 0 spiro atoms. The van der Waals surface area contributed by atoms with Crippen molar-refractivity contribution in [3.63, 3.8) is 0 Å². The molecule has 1 aromatic rings. The predicted octanol–water partition coefficient (Wildman–Crippen LogP) is 0.950. The van der Waals surface area contributed by atoms with E-state index in [-0.39, 0.29) is 12.1 Å². The Balaban J connectivity index is 2.48. The highest BCUT2D eigenvalue weighted by molar-refractivity contribution is 5.76. The molecule has 0 aromatic heterocycles. The summed E-state index contributed by atoms with van der Waals surface area (Å²) in [6, 6.07) is 3.62. The molecule has 0 saturated heterocycles. The highest BCUT2D eigenvalue weighted by Gasteiger charge is 2.30. The molecule has 6 nitrogen and oxygen atoms in total. The van der Waals surface area contributed by atoms with Gasteiger partial charge in [0.05, 0.1) is 12.1 Å². The third-order valence-corrected chi connectivity index (χ3v) is 2.45. The lowest BCUT2D eigenvalue weighted by Crippen LogP contribution is -2.41. The summed E-state index contributed by atoms with van der Waals surface area (Å²) in [4.78, 5) is 21.6. The number of carboxylic acids is 1. The Morgan fingerprint density at radius 3 is 2.48 bits per heavy atom. The van der Waals surface area contributed by atoms with E-state index in [1.165, 1.54) is 12.1 Å². The van der Waals surface area contributed by atoms with Crippen LogP contribution in [0.1, 0.15) is 11.1 Å². The minimum atomic E-state index is -4.47. The molecule has 1 unspecified atom stereocenters. The van der Waals surface area contributed by atoms with Crippen molar-refractivity contribution >= 4 is 12.0 Å². The van der Waals surface area contributed by atoms with Crippen molar-refractivity contribution in [3.05, 3.63) is 35.4 Å². The topological polar surface area (TPSA) is 98.7 Å². The van der Waals surface area contributed by atoms with Crippen LogP contribution in [-0.4, -0.2) is 34.9 Å². The van der Waals surface area contributed by atoms with E-state index in [0.29, 0.717) is 0 Å². The summed E-state index contributed by atoms with van der Waals surface area (Å²) in [7, 11) is 0. The van der Waals surface area contributed by atoms with Crippen molar-refractivity contribution in [2.24, 2.45) is 0 Å². The van der Waals surface area contributed by atoms with Crippen molar-refractivity contribution in [1.82, 2.24) is 10.6 Å². The van der Waals surface area contributed by atoms with Crippen LogP contribution >= 0.6 is 0 Å². The molecule has 0 aliphatic heterocycles. The number of aliphatic hydroxyl groups is 1. The second-order valence-electron chi connectivity index (χ2n) is 4.12. The van der Waals surface area contributed by atoms with E-state index in [1.54, 1.807) is 0 Å². The zero-order valence-electron chi connectivity index (χ0n) is 10.6. The largest absolute Gasteiger partial charge is 0.479 e. The third kappa shape index (κ3) is 5.69. The van der Waals surface area contributed by atoms with Crippen LogP contribution in [0.2, 0.25) is 0 Å². The van der Waals surface area contributed by atoms with E-state index < -0.39 is 36.4 Å². The number of hydrogen-bond donors (Lipinski definition) is 4. The highest BCUT2D eigenvalue weighted by atomic mass is 19.4. The van der Waals surface area contributed by atoms with Gasteiger partial charge in [0.25, 0.3) is 0 Å². The quantitative estimate of drug-likeness (QED) is 0.651. The third-order valence-electron chi connectivity index (χ3n) is 2.45. The lowest BCUT2D eigenvalue weighted by atomic mass is 10.1. The maximum Gasteiger partial charge on any atom is 0.416 e. The summed E-state index contributed by atoms with van der Waals surface area (Å²) in [6.07, 6.45) is -6.21. The fourth-order valence-corrected chi connectivity index (χ4v) is 1.38. The van der Waals surface area contributed by atoms with Gasteiger partial charge in [-0.05, 0) is 17.7 Å². The fraction of sp³-hybridized carbons (Fsp3) is 0.333. The van der Waals surface area contributed by atoms with Crippen molar-refractivity contribution < 1.29 is 33.0 Å². The molecule has 21 heavy (non-hydrogen) atoms. The van der Waals surface area contributed by atoms with Crippen molar-refractivity contribution in [2.45, 2.75) is 18.8 Å². The van der Waals surface area contributed by atoms with Gasteiger partial charge in [-0.1, -0.05) is 12.1 Å². The number of urea groups is 1. The first kappa shape index (κ1) is 16.8. The molecule has 0 saturated carbocycles. The van der Waals surface area contributed by atoms with Gasteiger partial charge in [0.2, 0.25) is 0 Å². The van der Waals surface area contributed by atoms with E-state index in [1.807, 2.05) is 0 Å². The van der Waals surface area contributed by atoms with Gasteiger partial charge in [0.15, 0.2) is 6.10 Å². The van der Waals surface area contributed by atoms with Gasteiger partial charge in [-0.3, -0.25) is 0 Å². The maximum atomic E-state index is 12.5. The number of carboxylic acid groups (broad SMARTS) is 1. The Morgan fingerprint density at radius 1 is 1.24 bits per heavy atom. The molecule has 1 rings (SSSR count). The van der Waals surface area contributed by atoms with Crippen LogP contribution in [0.15, 0.2) is 24.3 Å². The van der Waals surface area contributed by atoms with E-state index in [9.17, 15) is 22.8 Å². The Labute approximate surface area is 117 Å². The van der Waals surface area contributed by atoms with Gasteiger partial charge < -0.3 is 20.8 Å². The minimum Gasteiger partial charge on any atom is -0.479 e. The first-order valence-electron chi connectivity index (χ1n) is 5.79. The Bertz CT molecular complexity index is 519. The summed E-state index contributed by atoms with van der Waals surface area (Å²) in [5.74, 6) is -1.49. The Morgan fingerprint density at radius 2 is 1.90 bits per heavy atom. The normalized spacial score (nSPS) is 12.6. The summed E-state index contributed by atoms with van der Waals surface area (Å²) >= 11 is 0. The molecule has 0 radical (unpaired) electrons. The summed E-state index contributed by atoms with van der Waals surface area (Å²) in [6.45, 7) is -0.678. The minimum absolute atomic E-state index is 0.168. The monoisotopic (exact) mass is 306 g/mol. The molecule has 0 aliphatic carbocycles. The number of aliphatic hydroxyl groups excluding tert-OH is 1. The molecular formula is C12H13F3N2O4. The van der Waals surface area contributed by atoms with E-state index >= 15 is 0 Å². The van der Waals surface area contributed by atoms with Crippen molar-refractivity contribution in [1.29, 1.82) is 0 Å². The standard InChI is InChI=1S/C12H13F3N2O4/c13-12(14,15)8-3-1-2-7(4-8)5-16-11(21)17-6-9(18)10(19)20/h1-4,9,18H,5-6H2,(H,19,20)(H2,16,17,21). The summed E-state index contributed by atoms with van der Waals surface area (Å²) in [5.41, 5.74) is -0.595. The van der Waals surface area contributed by atoms with Gasteiger partial charge in [0.1, 0.15) is 0 Å². The van der Waals surface area contributed by atoms with Crippen LogP contribution in [0.25, 0.3) is 0 Å². The molecule has 116 valence electrons. The highest BCUT2D eigenvalue weighted by Crippen LogP contribution is 2.29. The number of alkyl halides is 3. The number of nitrogens with one attached hydrogen (secondary N) is 2. The molecule has 1 aromatic carbocycles. The van der Waals surface area contributed by atoms with E-state index in [4.69, 9.17) is 10.2 Å². The predicted molar refractivity (Wildman–Crippen MR) is 65.3 cm³/mol. The van der Waals surface area contributed by atoms with Gasteiger partial charge >= 0.3 is 18.2 Å². The van der Waals surface area contributed by atoms with Crippen LogP contribution in [0.3, 0.4) is 0 Å². The second-order valence-corrected chi connectivity index (χ2v) is 4.12. The Kier molecular flexibility index (Phi) is 5.53. The van der Waals surface area contributed by atoms with Crippen LogP contribution in [0, 0.1) is 0 Å². The number of amides is 2. The first-order valence-corrected chi connectivity index (χ1v) is 5.79. The van der Waals surface area contributed by atoms with Crippen LogP contribution < -0.4 is 10.6 Å². The number of aliphatic carboxylic acids is 1. The van der Waals surface area contributed by atoms with E-state index in [0.717, 1.165) is 12.1 Å². The SMILES string of the molecule is O=C(NCc1cccc(C(F)(F)F)c1)NCC(O)C(=O)O. The number of carbonyl (C=O) groups excluding carboxylic acids is 1. The lowest BCUT2D eigenvalue weighted by Gasteiger charge is -2.11. The van der Waals surface area contributed by atoms with Crippen LogP contribution in [-0.2, 0) is 17.5 Å². The molecule has 4 N–H and O–H groups in total. The molecule has 1 atom stereocenters. The summed E-state index contributed by atoms with van der Waals surface area (Å²) < 4.78 is 37.4. The molecule has 0 bridgehead atoms. The summed E-state index contributed by atoms with van der Waals surface area (Å²) in [5, 5.41) is 21.6. The van der Waals surface area contributed by atoms with E-state index in [2.05, 4.69) is 10.6 Å². The molecule has 0 fully saturated rings. The maximum absolute atomic E-state index is 12.5.